The summed E-state index contributed by atoms with van der Waals surface area (Å²) in [7, 11) is 0. The average Bonchev–Trinajstić information content (AvgIpc) is 3.10. The highest BCUT2D eigenvalue weighted by Gasteiger charge is 2.16. The average molecular weight is 306 g/mol. The highest BCUT2D eigenvalue weighted by atomic mass is 32.1. The number of hydrogen-bond acceptors (Lipinski definition) is 3. The third-order valence-corrected chi connectivity index (χ3v) is 6.74. The minimum absolute atomic E-state index is 0.470. The van der Waals surface area contributed by atoms with Gasteiger partial charge in [-0.3, -0.25) is 0 Å². The molecule has 3 heteroatoms. The van der Waals surface area contributed by atoms with Crippen LogP contribution in [0.5, 0.6) is 0 Å². The Hall–Kier alpha value is -0.640. The van der Waals surface area contributed by atoms with Crippen LogP contribution in [-0.4, -0.2) is 0 Å². The predicted molar refractivity (Wildman–Crippen MR) is 89.9 cm³/mol. The summed E-state index contributed by atoms with van der Waals surface area (Å²) < 4.78 is 0. The van der Waals surface area contributed by atoms with Crippen LogP contribution >= 0.6 is 22.7 Å². The Balaban J connectivity index is 1.61. The Bertz CT molecular complexity index is 544. The van der Waals surface area contributed by atoms with Crippen LogP contribution in [0.3, 0.4) is 0 Å². The molecule has 1 aliphatic rings. The van der Waals surface area contributed by atoms with Crippen molar-refractivity contribution in [3.05, 3.63) is 43.3 Å². The van der Waals surface area contributed by atoms with Gasteiger partial charge in [0.1, 0.15) is 0 Å². The molecule has 3 rings (SSSR count). The molecule has 0 amide bonds. The molecular weight excluding hydrogens is 282 g/mol. The lowest BCUT2D eigenvalue weighted by atomic mass is 9.99. The van der Waals surface area contributed by atoms with E-state index in [0.717, 1.165) is 13.0 Å². The number of rotatable bonds is 5. The highest BCUT2D eigenvalue weighted by Crippen LogP contribution is 2.33. The molecular formula is C17H23NS2. The lowest BCUT2D eigenvalue weighted by Crippen LogP contribution is -2.16. The monoisotopic (exact) mass is 305 g/mol. The van der Waals surface area contributed by atoms with Gasteiger partial charge in [-0.2, -0.15) is 0 Å². The Labute approximate surface area is 130 Å². The molecule has 2 aromatic rings. The van der Waals surface area contributed by atoms with Crippen LogP contribution < -0.4 is 5.32 Å². The van der Waals surface area contributed by atoms with Crippen LogP contribution in [0, 0.1) is 0 Å². The first kappa shape index (κ1) is 14.3. The fraction of sp³-hybridized carbons (Fsp3) is 0.529. The van der Waals surface area contributed by atoms with Crippen LogP contribution in [0.1, 0.15) is 57.8 Å². The van der Waals surface area contributed by atoms with Gasteiger partial charge in [0, 0.05) is 32.1 Å². The smallest absolute Gasteiger partial charge is 0.0389 e. The summed E-state index contributed by atoms with van der Waals surface area (Å²) in [5.74, 6) is 0. The van der Waals surface area contributed by atoms with E-state index >= 15 is 0 Å². The van der Waals surface area contributed by atoms with Crippen LogP contribution in [0.4, 0.5) is 0 Å². The molecule has 1 atom stereocenters. The molecule has 2 aromatic heterocycles. The minimum Gasteiger partial charge on any atom is -0.305 e. The van der Waals surface area contributed by atoms with Gasteiger partial charge in [0.05, 0.1) is 0 Å². The Morgan fingerprint density at radius 1 is 1.15 bits per heavy atom. The first-order valence-electron chi connectivity index (χ1n) is 7.68. The van der Waals surface area contributed by atoms with E-state index in [1.54, 1.807) is 10.4 Å². The molecule has 0 aromatic carbocycles. The summed E-state index contributed by atoms with van der Waals surface area (Å²) in [4.78, 5) is 6.10. The van der Waals surface area contributed by atoms with E-state index in [4.69, 9.17) is 0 Å². The summed E-state index contributed by atoms with van der Waals surface area (Å²) >= 11 is 3.97. The maximum atomic E-state index is 3.68. The topological polar surface area (TPSA) is 12.0 Å². The molecule has 1 aliphatic carbocycles. The molecule has 0 radical (unpaired) electrons. The number of nitrogens with one attached hydrogen (secondary N) is 1. The quantitative estimate of drug-likeness (QED) is 0.810. The molecule has 1 nitrogen and oxygen atoms in total. The molecule has 20 heavy (non-hydrogen) atoms. The third-order valence-electron chi connectivity index (χ3n) is 4.09. The van der Waals surface area contributed by atoms with Crippen molar-refractivity contribution in [3.63, 3.8) is 0 Å². The van der Waals surface area contributed by atoms with Gasteiger partial charge in [-0.25, -0.2) is 0 Å². The third kappa shape index (κ3) is 3.16. The van der Waals surface area contributed by atoms with Crippen LogP contribution in [0.25, 0.3) is 0 Å². The maximum absolute atomic E-state index is 3.68. The van der Waals surface area contributed by atoms with Crippen molar-refractivity contribution in [2.45, 2.75) is 58.5 Å². The normalized spacial score (nSPS) is 16.1. The molecule has 0 saturated heterocycles. The fourth-order valence-corrected chi connectivity index (χ4v) is 4.98. The summed E-state index contributed by atoms with van der Waals surface area (Å²) in [5, 5.41) is 3.68. The zero-order chi connectivity index (χ0) is 13.9. The van der Waals surface area contributed by atoms with E-state index in [1.807, 2.05) is 22.7 Å². The SMILES string of the molecule is CCc1ccc(CNC(C)c2cc3c(s2)CCCC3)s1. The second kappa shape index (κ2) is 6.42. The van der Waals surface area contributed by atoms with E-state index in [9.17, 15) is 0 Å². The van der Waals surface area contributed by atoms with Gasteiger partial charge >= 0.3 is 0 Å². The van der Waals surface area contributed by atoms with Crippen molar-refractivity contribution in [1.29, 1.82) is 0 Å². The van der Waals surface area contributed by atoms with Crippen LogP contribution in [0.15, 0.2) is 18.2 Å². The van der Waals surface area contributed by atoms with Gasteiger partial charge in [-0.15, -0.1) is 22.7 Å². The molecule has 0 fully saturated rings. The van der Waals surface area contributed by atoms with Gasteiger partial charge in [-0.05, 0) is 62.8 Å². The number of fused-ring (bicyclic) bond motifs is 1. The lowest BCUT2D eigenvalue weighted by Gasteiger charge is -2.10. The van der Waals surface area contributed by atoms with Crippen molar-refractivity contribution < 1.29 is 0 Å². The maximum Gasteiger partial charge on any atom is 0.0389 e. The van der Waals surface area contributed by atoms with Crippen molar-refractivity contribution in [3.8, 4) is 0 Å². The summed E-state index contributed by atoms with van der Waals surface area (Å²) in [6, 6.07) is 7.44. The van der Waals surface area contributed by atoms with Gasteiger partial charge in [-0.1, -0.05) is 6.92 Å². The first-order chi connectivity index (χ1) is 9.76. The standard InChI is InChI=1S/C17H23NS2/c1-3-14-8-9-15(19-14)11-18-12(2)17-10-13-6-4-5-7-16(13)20-17/h8-10,12,18H,3-7,11H2,1-2H3. The summed E-state index contributed by atoms with van der Waals surface area (Å²) in [5.41, 5.74) is 1.62. The van der Waals surface area contributed by atoms with Crippen molar-refractivity contribution >= 4 is 22.7 Å². The van der Waals surface area contributed by atoms with Gasteiger partial charge in [0.2, 0.25) is 0 Å². The highest BCUT2D eigenvalue weighted by molar-refractivity contribution is 7.12. The lowest BCUT2D eigenvalue weighted by molar-refractivity contribution is 0.587. The summed E-state index contributed by atoms with van der Waals surface area (Å²) in [6.07, 6.45) is 6.50. The van der Waals surface area contributed by atoms with Gasteiger partial charge in [0.25, 0.3) is 0 Å². The van der Waals surface area contributed by atoms with Crippen molar-refractivity contribution in [2.75, 3.05) is 0 Å². The fourth-order valence-electron chi connectivity index (χ4n) is 2.79. The molecule has 1 N–H and O–H groups in total. The van der Waals surface area contributed by atoms with E-state index in [1.165, 1.54) is 40.3 Å². The van der Waals surface area contributed by atoms with E-state index in [2.05, 4.69) is 37.4 Å². The Kier molecular flexibility index (Phi) is 4.59. The largest absolute Gasteiger partial charge is 0.305 e. The van der Waals surface area contributed by atoms with Crippen molar-refractivity contribution in [2.24, 2.45) is 0 Å². The molecule has 2 heterocycles. The Morgan fingerprint density at radius 3 is 2.70 bits per heavy atom. The van der Waals surface area contributed by atoms with Gasteiger partial charge in [0.15, 0.2) is 0 Å². The zero-order valence-corrected chi connectivity index (χ0v) is 14.0. The number of thiophene rings is 2. The predicted octanol–water partition coefficient (Wildman–Crippen LogP) is 5.10. The zero-order valence-electron chi connectivity index (χ0n) is 12.4. The second-order valence-corrected chi connectivity index (χ2v) is 8.05. The number of aryl methyl sites for hydroxylation is 3. The van der Waals surface area contributed by atoms with Crippen molar-refractivity contribution in [1.82, 2.24) is 5.32 Å². The Morgan fingerprint density at radius 2 is 1.95 bits per heavy atom. The van der Waals surface area contributed by atoms with Gasteiger partial charge < -0.3 is 5.32 Å². The van der Waals surface area contributed by atoms with E-state index in [-0.39, 0.29) is 0 Å². The van der Waals surface area contributed by atoms with E-state index in [0.29, 0.717) is 6.04 Å². The summed E-state index contributed by atoms with van der Waals surface area (Å²) in [6.45, 7) is 5.52. The van der Waals surface area contributed by atoms with Crippen LogP contribution in [0.2, 0.25) is 0 Å². The second-order valence-electron chi connectivity index (χ2n) is 5.63. The first-order valence-corrected chi connectivity index (χ1v) is 9.32. The van der Waals surface area contributed by atoms with E-state index < -0.39 is 0 Å². The minimum atomic E-state index is 0.470. The molecule has 0 aliphatic heterocycles. The molecule has 108 valence electrons. The molecule has 0 bridgehead atoms. The number of hydrogen-bond donors (Lipinski definition) is 1. The molecule has 0 spiro atoms. The molecule has 0 saturated carbocycles. The van der Waals surface area contributed by atoms with Crippen LogP contribution in [-0.2, 0) is 25.8 Å². The molecule has 1 unspecified atom stereocenters.